The Morgan fingerprint density at radius 2 is 1.57 bits per heavy atom. The Labute approximate surface area is 126 Å². The Morgan fingerprint density at radius 3 is 2.05 bits per heavy atom. The highest BCUT2D eigenvalue weighted by Crippen LogP contribution is 2.22. The van der Waals surface area contributed by atoms with Gasteiger partial charge in [0.25, 0.3) is 0 Å². The van der Waals surface area contributed by atoms with Gasteiger partial charge in [-0.15, -0.1) is 0 Å². The van der Waals surface area contributed by atoms with E-state index in [2.05, 4.69) is 9.44 Å². The van der Waals surface area contributed by atoms with Gasteiger partial charge in [0, 0.05) is 18.8 Å². The van der Waals surface area contributed by atoms with Crippen molar-refractivity contribution in [3.8, 4) is 0 Å². The molecule has 9 heteroatoms. The molecule has 1 aromatic rings. The van der Waals surface area contributed by atoms with Crippen molar-refractivity contribution in [3.63, 3.8) is 0 Å². The van der Waals surface area contributed by atoms with E-state index in [0.29, 0.717) is 16.8 Å². The standard InChI is InChI=1S/C12H21N3O4S2/c1-4-14-20(16,17)6-5-15-21(18,19)12-9(2)7-11(13)8-10(12)3/h7-8,14-15H,4-6,13H2,1-3H3. The monoisotopic (exact) mass is 335 g/mol. The maximum Gasteiger partial charge on any atom is 0.241 e. The molecule has 0 radical (unpaired) electrons. The molecule has 0 saturated carbocycles. The summed E-state index contributed by atoms with van der Waals surface area (Å²) in [7, 11) is -7.23. The number of sulfonamides is 2. The lowest BCUT2D eigenvalue weighted by Crippen LogP contribution is -2.34. The quantitative estimate of drug-likeness (QED) is 0.611. The molecule has 21 heavy (non-hydrogen) atoms. The molecule has 0 aliphatic rings. The fourth-order valence-corrected chi connectivity index (χ4v) is 4.65. The second-order valence-corrected chi connectivity index (χ2v) is 8.33. The van der Waals surface area contributed by atoms with Crippen molar-refractivity contribution in [3.05, 3.63) is 23.3 Å². The highest BCUT2D eigenvalue weighted by Gasteiger charge is 2.20. The molecule has 1 aromatic carbocycles. The number of aryl methyl sites for hydroxylation is 2. The summed E-state index contributed by atoms with van der Waals surface area (Å²) in [5, 5.41) is 0. The first-order valence-electron chi connectivity index (χ1n) is 6.43. The molecule has 120 valence electrons. The molecular formula is C12H21N3O4S2. The number of nitrogens with one attached hydrogen (secondary N) is 2. The second kappa shape index (κ2) is 6.73. The fraction of sp³-hybridized carbons (Fsp3) is 0.500. The lowest BCUT2D eigenvalue weighted by molar-refractivity contribution is 0.576. The number of benzene rings is 1. The van der Waals surface area contributed by atoms with E-state index in [1.807, 2.05) is 0 Å². The van der Waals surface area contributed by atoms with E-state index in [4.69, 9.17) is 5.73 Å². The molecule has 0 heterocycles. The number of hydrogen-bond acceptors (Lipinski definition) is 5. The maximum absolute atomic E-state index is 12.3. The molecule has 0 amide bonds. The zero-order chi connectivity index (χ0) is 16.3. The number of nitrogen functional groups attached to an aromatic ring is 1. The molecule has 0 unspecified atom stereocenters. The molecule has 0 saturated heterocycles. The molecular weight excluding hydrogens is 314 g/mol. The summed E-state index contributed by atoms with van der Waals surface area (Å²) >= 11 is 0. The van der Waals surface area contributed by atoms with Gasteiger partial charge in [-0.05, 0) is 37.1 Å². The first-order chi connectivity index (χ1) is 9.59. The zero-order valence-corrected chi connectivity index (χ0v) is 13.9. The number of rotatable bonds is 7. The van der Waals surface area contributed by atoms with Crippen LogP contribution in [0.15, 0.2) is 17.0 Å². The third-order valence-electron chi connectivity index (χ3n) is 2.78. The van der Waals surface area contributed by atoms with E-state index in [-0.39, 0.29) is 23.7 Å². The summed E-state index contributed by atoms with van der Waals surface area (Å²) in [6.45, 7) is 5.02. The molecule has 0 fully saturated rings. The average Bonchev–Trinajstić information content (AvgIpc) is 2.25. The van der Waals surface area contributed by atoms with Crippen LogP contribution in [-0.4, -0.2) is 35.7 Å². The minimum absolute atomic E-state index is 0.137. The van der Waals surface area contributed by atoms with E-state index in [1.165, 1.54) is 0 Å². The minimum atomic E-state index is -3.77. The number of hydrogen-bond donors (Lipinski definition) is 3. The van der Waals surface area contributed by atoms with Crippen LogP contribution in [-0.2, 0) is 20.0 Å². The van der Waals surface area contributed by atoms with E-state index >= 15 is 0 Å². The van der Waals surface area contributed by atoms with Crippen molar-refractivity contribution >= 4 is 25.7 Å². The molecule has 7 nitrogen and oxygen atoms in total. The van der Waals surface area contributed by atoms with Gasteiger partial charge in [0.05, 0.1) is 10.6 Å². The van der Waals surface area contributed by atoms with Gasteiger partial charge in [-0.2, -0.15) is 0 Å². The Kier molecular flexibility index (Phi) is 5.74. The summed E-state index contributed by atoms with van der Waals surface area (Å²) in [6, 6.07) is 3.13. The van der Waals surface area contributed by atoms with E-state index in [0.717, 1.165) is 0 Å². The summed E-state index contributed by atoms with van der Waals surface area (Å²) in [6.07, 6.45) is 0. The van der Waals surface area contributed by atoms with E-state index < -0.39 is 20.0 Å². The van der Waals surface area contributed by atoms with Crippen molar-refractivity contribution in [1.29, 1.82) is 0 Å². The minimum Gasteiger partial charge on any atom is -0.399 e. The van der Waals surface area contributed by atoms with Gasteiger partial charge in [-0.1, -0.05) is 6.92 Å². The zero-order valence-electron chi connectivity index (χ0n) is 12.3. The summed E-state index contributed by atoms with van der Waals surface area (Å²) in [5.41, 5.74) is 7.19. The predicted molar refractivity (Wildman–Crippen MR) is 83.0 cm³/mol. The molecule has 4 N–H and O–H groups in total. The van der Waals surface area contributed by atoms with Crippen molar-refractivity contribution in [2.24, 2.45) is 0 Å². The fourth-order valence-electron chi connectivity index (χ4n) is 2.08. The first-order valence-corrected chi connectivity index (χ1v) is 9.56. The van der Waals surface area contributed by atoms with Crippen molar-refractivity contribution in [1.82, 2.24) is 9.44 Å². The van der Waals surface area contributed by atoms with Crippen LogP contribution in [0.2, 0.25) is 0 Å². The predicted octanol–water partition coefficient (Wildman–Crippen LogP) is 0.103. The molecule has 0 aromatic heterocycles. The second-order valence-electron chi connectivity index (χ2n) is 4.70. The molecule has 0 bridgehead atoms. The van der Waals surface area contributed by atoms with Crippen LogP contribution in [0.4, 0.5) is 5.69 Å². The summed E-state index contributed by atoms with van der Waals surface area (Å²) < 4.78 is 52.1. The third kappa shape index (κ3) is 4.95. The summed E-state index contributed by atoms with van der Waals surface area (Å²) in [5.74, 6) is -0.312. The largest absolute Gasteiger partial charge is 0.399 e. The van der Waals surface area contributed by atoms with Gasteiger partial charge in [-0.3, -0.25) is 0 Å². The van der Waals surface area contributed by atoms with Crippen molar-refractivity contribution in [2.75, 3.05) is 24.6 Å². The van der Waals surface area contributed by atoms with E-state index in [9.17, 15) is 16.8 Å². The average molecular weight is 335 g/mol. The molecule has 0 spiro atoms. The normalized spacial score (nSPS) is 12.5. The van der Waals surface area contributed by atoms with Gasteiger partial charge in [0.1, 0.15) is 0 Å². The van der Waals surface area contributed by atoms with Crippen molar-refractivity contribution in [2.45, 2.75) is 25.7 Å². The van der Waals surface area contributed by atoms with E-state index in [1.54, 1.807) is 32.9 Å². The van der Waals surface area contributed by atoms with Gasteiger partial charge in [0.2, 0.25) is 20.0 Å². The van der Waals surface area contributed by atoms with Crippen LogP contribution in [0, 0.1) is 13.8 Å². The number of anilines is 1. The lowest BCUT2D eigenvalue weighted by Gasteiger charge is -2.13. The first kappa shape index (κ1) is 17.9. The Morgan fingerprint density at radius 1 is 1.05 bits per heavy atom. The third-order valence-corrected chi connectivity index (χ3v) is 6.01. The van der Waals surface area contributed by atoms with Crippen molar-refractivity contribution < 1.29 is 16.8 Å². The Bertz CT molecular complexity index is 689. The van der Waals surface area contributed by atoms with Gasteiger partial charge >= 0.3 is 0 Å². The van der Waals surface area contributed by atoms with Crippen LogP contribution >= 0.6 is 0 Å². The maximum atomic E-state index is 12.3. The number of nitrogens with two attached hydrogens (primary N) is 1. The van der Waals surface area contributed by atoms with Crippen LogP contribution < -0.4 is 15.2 Å². The highest BCUT2D eigenvalue weighted by molar-refractivity contribution is 7.90. The van der Waals surface area contributed by atoms with Crippen LogP contribution in [0.3, 0.4) is 0 Å². The lowest BCUT2D eigenvalue weighted by atomic mass is 10.1. The van der Waals surface area contributed by atoms with Gasteiger partial charge < -0.3 is 5.73 Å². The van der Waals surface area contributed by atoms with Gasteiger partial charge in [0.15, 0.2) is 0 Å². The van der Waals surface area contributed by atoms with Crippen LogP contribution in [0.25, 0.3) is 0 Å². The smallest absolute Gasteiger partial charge is 0.241 e. The Balaban J connectivity index is 2.89. The topological polar surface area (TPSA) is 118 Å². The SMILES string of the molecule is CCNS(=O)(=O)CCNS(=O)(=O)c1c(C)cc(N)cc1C. The molecule has 0 aliphatic heterocycles. The molecule has 0 atom stereocenters. The van der Waals surface area contributed by atoms with Gasteiger partial charge in [-0.25, -0.2) is 26.3 Å². The van der Waals surface area contributed by atoms with Crippen LogP contribution in [0.1, 0.15) is 18.1 Å². The molecule has 1 rings (SSSR count). The highest BCUT2D eigenvalue weighted by atomic mass is 32.2. The summed E-state index contributed by atoms with van der Waals surface area (Å²) in [4.78, 5) is 0.137. The van der Waals surface area contributed by atoms with Crippen LogP contribution in [0.5, 0.6) is 0 Å². The Hall–Kier alpha value is -1.16. The molecule has 0 aliphatic carbocycles.